The molecule has 2 rings (SSSR count). The fraction of sp³-hybridized carbons (Fsp3) is 0.263. The van der Waals surface area contributed by atoms with Crippen LogP contribution in [0.1, 0.15) is 16.7 Å². The van der Waals surface area contributed by atoms with Gasteiger partial charge in [0.2, 0.25) is 0 Å². The van der Waals surface area contributed by atoms with Crippen LogP contribution in [0.25, 0.3) is 0 Å². The van der Waals surface area contributed by atoms with Gasteiger partial charge in [0.25, 0.3) is 0 Å². The first-order valence-corrected chi connectivity index (χ1v) is 7.67. The maximum atomic E-state index is 11.7. The van der Waals surface area contributed by atoms with E-state index in [0.29, 0.717) is 11.5 Å². The summed E-state index contributed by atoms with van der Waals surface area (Å²) >= 11 is 0. The Hall–Kier alpha value is -3.02. The second-order valence-electron chi connectivity index (χ2n) is 5.45. The van der Waals surface area contributed by atoms with Gasteiger partial charge >= 0.3 is 11.9 Å². The van der Waals surface area contributed by atoms with Gasteiger partial charge < -0.3 is 19.0 Å². The van der Waals surface area contributed by atoms with Crippen LogP contribution in [0.5, 0.6) is 17.2 Å². The van der Waals surface area contributed by atoms with Gasteiger partial charge in [-0.05, 0) is 60.8 Å². The SMILES string of the molecule is CON=C(Oc1cc(Oc2ccc(C)c(C)c2)ccc1C)C(=O)OC. The molecule has 0 unspecified atom stereocenters. The molecule has 0 N–H and O–H groups in total. The van der Waals surface area contributed by atoms with Gasteiger partial charge in [-0.15, -0.1) is 0 Å². The Bertz CT molecular complexity index is 798. The van der Waals surface area contributed by atoms with E-state index in [4.69, 9.17) is 9.47 Å². The van der Waals surface area contributed by atoms with Gasteiger partial charge in [-0.25, -0.2) is 4.79 Å². The molecule has 0 aromatic heterocycles. The van der Waals surface area contributed by atoms with E-state index in [9.17, 15) is 4.79 Å². The number of benzene rings is 2. The van der Waals surface area contributed by atoms with Crippen molar-refractivity contribution in [2.75, 3.05) is 14.2 Å². The van der Waals surface area contributed by atoms with Crippen LogP contribution in [0.2, 0.25) is 0 Å². The molecule has 0 saturated carbocycles. The molecule has 132 valence electrons. The van der Waals surface area contributed by atoms with Crippen LogP contribution < -0.4 is 9.47 Å². The van der Waals surface area contributed by atoms with E-state index in [1.165, 1.54) is 19.8 Å². The van der Waals surface area contributed by atoms with Crippen molar-refractivity contribution in [3.63, 3.8) is 0 Å². The number of aryl methyl sites for hydroxylation is 3. The molecule has 0 atom stereocenters. The molecule has 2 aromatic rings. The Labute approximate surface area is 147 Å². The highest BCUT2D eigenvalue weighted by Gasteiger charge is 2.17. The number of ether oxygens (including phenoxy) is 3. The lowest BCUT2D eigenvalue weighted by atomic mass is 10.1. The van der Waals surface area contributed by atoms with Crippen molar-refractivity contribution in [3.8, 4) is 17.2 Å². The van der Waals surface area contributed by atoms with E-state index >= 15 is 0 Å². The van der Waals surface area contributed by atoms with Gasteiger partial charge in [0, 0.05) is 6.07 Å². The summed E-state index contributed by atoms with van der Waals surface area (Å²) in [5.41, 5.74) is 3.14. The lowest BCUT2D eigenvalue weighted by molar-refractivity contribution is -0.134. The Balaban J connectivity index is 2.26. The normalized spacial score (nSPS) is 11.0. The minimum Gasteiger partial charge on any atom is -0.462 e. The molecule has 6 nitrogen and oxygen atoms in total. The molecule has 0 radical (unpaired) electrons. The van der Waals surface area contributed by atoms with E-state index in [1.54, 1.807) is 6.07 Å². The van der Waals surface area contributed by atoms with Crippen LogP contribution in [0, 0.1) is 20.8 Å². The van der Waals surface area contributed by atoms with Gasteiger partial charge in [-0.1, -0.05) is 12.1 Å². The monoisotopic (exact) mass is 343 g/mol. The number of methoxy groups -OCH3 is 1. The first-order valence-electron chi connectivity index (χ1n) is 7.67. The summed E-state index contributed by atoms with van der Waals surface area (Å²) in [5, 5.41) is 3.55. The first-order chi connectivity index (χ1) is 11.9. The number of carbonyl (C=O) groups excluding carboxylic acids is 1. The summed E-state index contributed by atoms with van der Waals surface area (Å²) in [5.74, 6) is 0.683. The number of hydrogen-bond donors (Lipinski definition) is 0. The van der Waals surface area contributed by atoms with Crippen molar-refractivity contribution in [1.29, 1.82) is 0 Å². The Kier molecular flexibility index (Phi) is 6.00. The molecule has 0 saturated heterocycles. The predicted molar refractivity (Wildman–Crippen MR) is 94.3 cm³/mol. The molecule has 0 amide bonds. The van der Waals surface area contributed by atoms with Gasteiger partial charge in [-0.2, -0.15) is 0 Å². The zero-order valence-corrected chi connectivity index (χ0v) is 15.0. The molecule has 0 heterocycles. The van der Waals surface area contributed by atoms with E-state index in [0.717, 1.165) is 16.9 Å². The Morgan fingerprint density at radius 1 is 0.880 bits per heavy atom. The van der Waals surface area contributed by atoms with Crippen molar-refractivity contribution in [1.82, 2.24) is 0 Å². The van der Waals surface area contributed by atoms with Crippen LogP contribution in [-0.4, -0.2) is 26.1 Å². The van der Waals surface area contributed by atoms with E-state index in [2.05, 4.69) is 14.7 Å². The van der Waals surface area contributed by atoms with Crippen molar-refractivity contribution in [2.24, 2.45) is 5.16 Å². The first kappa shape index (κ1) is 18.3. The molecule has 6 heteroatoms. The molecule has 0 bridgehead atoms. The maximum absolute atomic E-state index is 11.7. The standard InChI is InChI=1S/C19H21NO5/c1-12-6-8-15(10-14(12)3)24-16-9-7-13(2)17(11-16)25-18(20-23-5)19(21)22-4/h6-11H,1-5H3. The number of carbonyl (C=O) groups is 1. The third-order valence-electron chi connectivity index (χ3n) is 3.61. The van der Waals surface area contributed by atoms with Crippen LogP contribution in [0.4, 0.5) is 0 Å². The predicted octanol–water partition coefficient (Wildman–Crippen LogP) is 3.92. The molecular formula is C19H21NO5. The summed E-state index contributed by atoms with van der Waals surface area (Å²) in [6, 6.07) is 11.2. The molecule has 0 aliphatic heterocycles. The summed E-state index contributed by atoms with van der Waals surface area (Å²) < 4.78 is 16.0. The molecule has 0 aliphatic carbocycles. The third-order valence-corrected chi connectivity index (χ3v) is 3.61. The number of esters is 1. The largest absolute Gasteiger partial charge is 0.462 e. The Morgan fingerprint density at radius 3 is 2.12 bits per heavy atom. The highest BCUT2D eigenvalue weighted by atomic mass is 16.6. The zero-order valence-electron chi connectivity index (χ0n) is 15.0. The summed E-state index contributed by atoms with van der Waals surface area (Å²) in [4.78, 5) is 16.3. The van der Waals surface area contributed by atoms with Crippen molar-refractivity contribution in [2.45, 2.75) is 20.8 Å². The molecule has 0 spiro atoms. The second kappa shape index (κ2) is 8.19. The molecule has 0 fully saturated rings. The van der Waals surface area contributed by atoms with Gasteiger partial charge in [0.1, 0.15) is 24.4 Å². The van der Waals surface area contributed by atoms with E-state index in [1.807, 2.05) is 51.1 Å². The highest BCUT2D eigenvalue weighted by Crippen LogP contribution is 2.29. The second-order valence-corrected chi connectivity index (χ2v) is 5.45. The topological polar surface area (TPSA) is 66.3 Å². The number of hydrogen-bond acceptors (Lipinski definition) is 6. The average Bonchev–Trinajstić information content (AvgIpc) is 2.60. The van der Waals surface area contributed by atoms with Crippen molar-refractivity contribution >= 4 is 11.9 Å². The lowest BCUT2D eigenvalue weighted by Gasteiger charge is -2.12. The van der Waals surface area contributed by atoms with Crippen LogP contribution in [0.3, 0.4) is 0 Å². The maximum Gasteiger partial charge on any atom is 0.397 e. The molecular weight excluding hydrogens is 322 g/mol. The highest BCUT2D eigenvalue weighted by molar-refractivity contribution is 6.33. The van der Waals surface area contributed by atoms with Gasteiger partial charge in [0.05, 0.1) is 7.11 Å². The fourth-order valence-electron chi connectivity index (χ4n) is 2.04. The average molecular weight is 343 g/mol. The zero-order chi connectivity index (χ0) is 18.4. The van der Waals surface area contributed by atoms with Crippen molar-refractivity contribution in [3.05, 3.63) is 53.1 Å². The number of rotatable bonds is 4. The van der Waals surface area contributed by atoms with Gasteiger partial charge in [0.15, 0.2) is 0 Å². The third kappa shape index (κ3) is 4.73. The molecule has 0 aliphatic rings. The Morgan fingerprint density at radius 2 is 1.52 bits per heavy atom. The number of oxime groups is 1. The summed E-state index contributed by atoms with van der Waals surface area (Å²) in [7, 11) is 2.56. The number of nitrogens with zero attached hydrogens (tertiary/aromatic N) is 1. The van der Waals surface area contributed by atoms with Crippen LogP contribution >= 0.6 is 0 Å². The minimum atomic E-state index is -0.735. The lowest BCUT2D eigenvalue weighted by Crippen LogP contribution is -2.22. The quantitative estimate of drug-likeness (QED) is 0.364. The minimum absolute atomic E-state index is 0.295. The van der Waals surface area contributed by atoms with Crippen molar-refractivity contribution < 1.29 is 23.8 Å². The van der Waals surface area contributed by atoms with E-state index in [-0.39, 0.29) is 5.90 Å². The van der Waals surface area contributed by atoms with Crippen LogP contribution in [-0.2, 0) is 14.4 Å². The summed E-state index contributed by atoms with van der Waals surface area (Å²) in [6.45, 7) is 5.91. The molecule has 2 aromatic carbocycles. The fourth-order valence-corrected chi connectivity index (χ4v) is 2.04. The summed E-state index contributed by atoms with van der Waals surface area (Å²) in [6.07, 6.45) is 0. The van der Waals surface area contributed by atoms with Crippen LogP contribution in [0.15, 0.2) is 41.6 Å². The smallest absolute Gasteiger partial charge is 0.397 e. The van der Waals surface area contributed by atoms with E-state index < -0.39 is 5.97 Å². The molecule has 25 heavy (non-hydrogen) atoms. The van der Waals surface area contributed by atoms with Gasteiger partial charge in [-0.3, -0.25) is 0 Å².